The summed E-state index contributed by atoms with van der Waals surface area (Å²) in [5, 5.41) is 3.40. The molecule has 1 aliphatic carbocycles. The van der Waals surface area contributed by atoms with Crippen molar-refractivity contribution in [3.63, 3.8) is 0 Å². The Kier molecular flexibility index (Phi) is 3.83. The second kappa shape index (κ2) is 5.77. The molecule has 2 aromatic heterocycles. The van der Waals surface area contributed by atoms with Gasteiger partial charge in [0.1, 0.15) is 6.54 Å². The minimum absolute atomic E-state index is 0.0453. The van der Waals surface area contributed by atoms with Crippen LogP contribution in [0, 0.1) is 6.92 Å². The van der Waals surface area contributed by atoms with Crippen molar-refractivity contribution in [3.05, 3.63) is 39.0 Å². The number of hydrogen-bond donors (Lipinski definition) is 1. The zero-order valence-electron chi connectivity index (χ0n) is 11.8. The molecule has 21 heavy (non-hydrogen) atoms. The maximum atomic E-state index is 12.0. The monoisotopic (exact) mass is 304 g/mol. The zero-order valence-corrected chi connectivity index (χ0v) is 12.6. The second-order valence-corrected chi connectivity index (χ2v) is 6.22. The molecular formula is C14H16N4O2S. The van der Waals surface area contributed by atoms with Gasteiger partial charge in [-0.15, -0.1) is 11.3 Å². The first-order valence-corrected chi connectivity index (χ1v) is 7.75. The normalized spacial score (nSPS) is 13.8. The molecular weight excluding hydrogens is 288 g/mol. The molecule has 6 nitrogen and oxygen atoms in total. The van der Waals surface area contributed by atoms with Gasteiger partial charge in [-0.2, -0.15) is 0 Å². The number of nitrogens with zero attached hydrogens (tertiary/aromatic N) is 3. The lowest BCUT2D eigenvalue weighted by Gasteiger charge is -2.06. The third-order valence-electron chi connectivity index (χ3n) is 3.42. The number of carbonyl (C=O) groups excluding carboxylic acids is 1. The average molecular weight is 304 g/mol. The Morgan fingerprint density at radius 3 is 3.00 bits per heavy atom. The van der Waals surface area contributed by atoms with Crippen molar-refractivity contribution in [2.45, 2.75) is 39.2 Å². The van der Waals surface area contributed by atoms with Crippen molar-refractivity contribution in [2.24, 2.45) is 0 Å². The predicted octanol–water partition coefficient (Wildman–Crippen LogP) is 1.53. The fourth-order valence-corrected chi connectivity index (χ4v) is 3.42. The van der Waals surface area contributed by atoms with Crippen LogP contribution in [0.25, 0.3) is 0 Å². The molecule has 1 N–H and O–H groups in total. The molecule has 0 aliphatic heterocycles. The number of rotatable bonds is 3. The van der Waals surface area contributed by atoms with E-state index in [1.54, 1.807) is 6.92 Å². The molecule has 7 heteroatoms. The Balaban J connectivity index is 1.69. The van der Waals surface area contributed by atoms with E-state index in [1.165, 1.54) is 39.6 Å². The second-order valence-electron chi connectivity index (χ2n) is 5.14. The van der Waals surface area contributed by atoms with Crippen molar-refractivity contribution >= 4 is 22.4 Å². The highest BCUT2D eigenvalue weighted by molar-refractivity contribution is 7.15. The molecule has 0 aromatic carbocycles. The van der Waals surface area contributed by atoms with Crippen molar-refractivity contribution in [2.75, 3.05) is 5.32 Å². The smallest absolute Gasteiger partial charge is 0.253 e. The summed E-state index contributed by atoms with van der Waals surface area (Å²) in [4.78, 5) is 33.5. The van der Waals surface area contributed by atoms with Gasteiger partial charge in [0, 0.05) is 16.6 Å². The molecule has 110 valence electrons. The van der Waals surface area contributed by atoms with E-state index in [-0.39, 0.29) is 18.0 Å². The van der Waals surface area contributed by atoms with Crippen LogP contribution in [0.3, 0.4) is 0 Å². The van der Waals surface area contributed by atoms with Gasteiger partial charge in [-0.1, -0.05) is 0 Å². The fraction of sp³-hybridized carbons (Fsp3) is 0.429. The van der Waals surface area contributed by atoms with Gasteiger partial charge >= 0.3 is 0 Å². The standard InChI is InChI=1S/C14H16N4O2S/c1-9-6-13(20)18(8-15-9)7-12(19)17-14-16-10-4-2-3-5-11(10)21-14/h6,8H,2-5,7H2,1H3,(H,16,17,19). The fourth-order valence-electron chi connectivity index (χ4n) is 2.35. The maximum Gasteiger partial charge on any atom is 0.253 e. The van der Waals surface area contributed by atoms with Crippen LogP contribution in [-0.2, 0) is 24.2 Å². The molecule has 0 fully saturated rings. The molecule has 0 saturated heterocycles. The molecule has 0 saturated carbocycles. The predicted molar refractivity (Wildman–Crippen MR) is 80.6 cm³/mol. The van der Waals surface area contributed by atoms with Gasteiger partial charge in [0.25, 0.3) is 5.56 Å². The lowest BCUT2D eigenvalue weighted by molar-refractivity contribution is -0.116. The van der Waals surface area contributed by atoms with Crippen LogP contribution in [0.15, 0.2) is 17.2 Å². The summed E-state index contributed by atoms with van der Waals surface area (Å²) in [6, 6.07) is 1.41. The number of amides is 1. The van der Waals surface area contributed by atoms with E-state index in [1.807, 2.05) is 0 Å². The quantitative estimate of drug-likeness (QED) is 0.933. The van der Waals surface area contributed by atoms with Gasteiger partial charge in [-0.3, -0.25) is 14.2 Å². The molecule has 3 rings (SSSR count). The van der Waals surface area contributed by atoms with E-state index in [2.05, 4.69) is 15.3 Å². The summed E-state index contributed by atoms with van der Waals surface area (Å²) in [5.41, 5.74) is 1.52. The van der Waals surface area contributed by atoms with Crippen LogP contribution in [0.2, 0.25) is 0 Å². The lowest BCUT2D eigenvalue weighted by Crippen LogP contribution is -2.27. The Labute approximate surface area is 125 Å². The summed E-state index contributed by atoms with van der Waals surface area (Å²) < 4.78 is 1.29. The van der Waals surface area contributed by atoms with Gasteiger partial charge in [-0.25, -0.2) is 9.97 Å². The molecule has 1 aliphatic rings. The number of aromatic nitrogens is 3. The molecule has 0 bridgehead atoms. The summed E-state index contributed by atoms with van der Waals surface area (Å²) in [7, 11) is 0. The van der Waals surface area contributed by atoms with Gasteiger partial charge in [0.05, 0.1) is 12.0 Å². The molecule has 2 aromatic rings. The van der Waals surface area contributed by atoms with E-state index in [0.717, 1.165) is 25.0 Å². The first-order chi connectivity index (χ1) is 10.1. The van der Waals surface area contributed by atoms with Crippen molar-refractivity contribution in [1.29, 1.82) is 0 Å². The minimum Gasteiger partial charge on any atom is -0.300 e. The lowest BCUT2D eigenvalue weighted by atomic mass is 10.0. The first kappa shape index (κ1) is 13.9. The van der Waals surface area contributed by atoms with Crippen molar-refractivity contribution < 1.29 is 4.79 Å². The third-order valence-corrected chi connectivity index (χ3v) is 4.50. The van der Waals surface area contributed by atoms with Crippen LogP contribution in [0.4, 0.5) is 5.13 Å². The van der Waals surface area contributed by atoms with Gasteiger partial charge < -0.3 is 5.32 Å². The number of hydrogen-bond acceptors (Lipinski definition) is 5. The number of fused-ring (bicyclic) bond motifs is 1. The van der Waals surface area contributed by atoms with Crippen LogP contribution >= 0.6 is 11.3 Å². The van der Waals surface area contributed by atoms with Crippen LogP contribution < -0.4 is 10.9 Å². The first-order valence-electron chi connectivity index (χ1n) is 6.93. The summed E-state index contributed by atoms with van der Waals surface area (Å²) in [6.07, 6.45) is 5.78. The number of carbonyl (C=O) groups is 1. The summed E-state index contributed by atoms with van der Waals surface area (Å²) in [5.74, 6) is -0.256. The van der Waals surface area contributed by atoms with Crippen molar-refractivity contribution in [1.82, 2.24) is 14.5 Å². The Bertz CT molecular complexity index is 711. The number of aryl methyl sites for hydroxylation is 3. The van der Waals surface area contributed by atoms with E-state index >= 15 is 0 Å². The Morgan fingerprint density at radius 2 is 2.24 bits per heavy atom. The summed E-state index contributed by atoms with van der Waals surface area (Å²) >= 11 is 1.53. The highest BCUT2D eigenvalue weighted by atomic mass is 32.1. The SMILES string of the molecule is Cc1cc(=O)n(CC(=O)Nc2nc3c(s2)CCCC3)cn1. The van der Waals surface area contributed by atoms with E-state index < -0.39 is 0 Å². The summed E-state index contributed by atoms with van der Waals surface area (Å²) in [6.45, 7) is 1.70. The molecule has 0 spiro atoms. The third kappa shape index (κ3) is 3.18. The average Bonchev–Trinajstić information content (AvgIpc) is 2.84. The van der Waals surface area contributed by atoms with E-state index in [9.17, 15) is 9.59 Å². The number of nitrogens with one attached hydrogen (secondary N) is 1. The number of thiazole rings is 1. The largest absolute Gasteiger partial charge is 0.300 e. The van der Waals surface area contributed by atoms with Crippen LogP contribution in [0.1, 0.15) is 29.1 Å². The highest BCUT2D eigenvalue weighted by Crippen LogP contribution is 2.29. The Hall–Kier alpha value is -2.02. The van der Waals surface area contributed by atoms with E-state index in [4.69, 9.17) is 0 Å². The minimum atomic E-state index is -0.256. The van der Waals surface area contributed by atoms with Crippen LogP contribution in [-0.4, -0.2) is 20.4 Å². The van der Waals surface area contributed by atoms with Crippen molar-refractivity contribution in [3.8, 4) is 0 Å². The Morgan fingerprint density at radius 1 is 1.43 bits per heavy atom. The van der Waals surface area contributed by atoms with Gasteiger partial charge in [-0.05, 0) is 32.6 Å². The van der Waals surface area contributed by atoms with Gasteiger partial charge in [0.15, 0.2) is 5.13 Å². The van der Waals surface area contributed by atoms with Gasteiger partial charge in [0.2, 0.25) is 5.91 Å². The molecule has 0 atom stereocenters. The molecule has 0 radical (unpaired) electrons. The molecule has 1 amide bonds. The van der Waals surface area contributed by atoms with Crippen LogP contribution in [0.5, 0.6) is 0 Å². The zero-order chi connectivity index (χ0) is 14.8. The molecule has 0 unspecified atom stereocenters. The highest BCUT2D eigenvalue weighted by Gasteiger charge is 2.16. The maximum absolute atomic E-state index is 12.0. The molecule has 2 heterocycles. The van der Waals surface area contributed by atoms with E-state index in [0.29, 0.717) is 10.8 Å². The topological polar surface area (TPSA) is 76.9 Å². The number of anilines is 1.